The third-order valence-electron chi connectivity index (χ3n) is 2.91. The largest absolute Gasteiger partial charge is 0.462 e. The molecular weight excluding hydrogens is 238 g/mol. The van der Waals surface area contributed by atoms with E-state index < -0.39 is 5.97 Å². The summed E-state index contributed by atoms with van der Waals surface area (Å²) in [4.78, 5) is 11.7. The summed E-state index contributed by atoms with van der Waals surface area (Å²) in [6, 6.07) is 0.429. The van der Waals surface area contributed by atoms with Crippen molar-refractivity contribution in [3.63, 3.8) is 0 Å². The predicted octanol–water partition coefficient (Wildman–Crippen LogP) is 2.11. The van der Waals surface area contributed by atoms with Crippen molar-refractivity contribution in [2.45, 2.75) is 32.7 Å². The summed E-state index contributed by atoms with van der Waals surface area (Å²) < 4.78 is 8.98. The number of rotatable bonds is 4. The monoisotopic (exact) mass is 255 g/mol. The summed E-state index contributed by atoms with van der Waals surface area (Å²) in [5.41, 5.74) is 6.08. The van der Waals surface area contributed by atoms with Crippen LogP contribution in [-0.2, 0) is 4.74 Å². The molecule has 0 aliphatic heterocycles. The number of nitrogens with one attached hydrogen (secondary N) is 1. The van der Waals surface area contributed by atoms with Crippen LogP contribution in [-0.4, -0.2) is 23.0 Å². The highest BCUT2D eigenvalue weighted by Gasteiger charge is 2.28. The Bertz CT molecular complexity index is 413. The molecule has 0 radical (unpaired) electrons. The molecule has 6 heteroatoms. The van der Waals surface area contributed by atoms with E-state index in [0.29, 0.717) is 18.2 Å². The van der Waals surface area contributed by atoms with Crippen molar-refractivity contribution in [3.8, 4) is 0 Å². The number of carbonyl (C=O) groups excluding carboxylic acids is 1. The minimum absolute atomic E-state index is 0.253. The normalized spacial score (nSPS) is 22.9. The minimum Gasteiger partial charge on any atom is -0.462 e. The van der Waals surface area contributed by atoms with Crippen LogP contribution in [0.2, 0.25) is 0 Å². The third kappa shape index (κ3) is 2.52. The molecule has 1 aromatic heterocycles. The van der Waals surface area contributed by atoms with Crippen molar-refractivity contribution in [1.29, 1.82) is 0 Å². The van der Waals surface area contributed by atoms with Crippen molar-refractivity contribution >= 4 is 28.3 Å². The lowest BCUT2D eigenvalue weighted by Gasteiger charge is -2.33. The molecule has 1 aliphatic rings. The molecule has 0 amide bonds. The molecule has 0 saturated heterocycles. The first kappa shape index (κ1) is 12.2. The lowest BCUT2D eigenvalue weighted by atomic mass is 9.82. The van der Waals surface area contributed by atoms with E-state index in [1.165, 1.54) is 11.5 Å². The van der Waals surface area contributed by atoms with Crippen LogP contribution in [0.1, 0.15) is 37.0 Å². The molecule has 2 rings (SSSR count). The zero-order valence-electron chi connectivity index (χ0n) is 10.0. The summed E-state index contributed by atoms with van der Waals surface area (Å²) in [7, 11) is 0. The molecule has 1 aromatic rings. The Morgan fingerprint density at radius 2 is 2.35 bits per heavy atom. The average Bonchev–Trinajstić information content (AvgIpc) is 2.58. The summed E-state index contributed by atoms with van der Waals surface area (Å²) in [6.07, 6.45) is 2.25. The molecule has 3 N–H and O–H groups in total. The zero-order chi connectivity index (χ0) is 12.4. The van der Waals surface area contributed by atoms with E-state index in [2.05, 4.69) is 16.6 Å². The summed E-state index contributed by atoms with van der Waals surface area (Å²) in [5, 5.41) is 4.05. The molecule has 1 aliphatic carbocycles. The number of esters is 1. The maximum absolute atomic E-state index is 11.7. The highest BCUT2D eigenvalue weighted by atomic mass is 32.1. The van der Waals surface area contributed by atoms with Crippen LogP contribution in [0.25, 0.3) is 0 Å². The maximum Gasteiger partial charge on any atom is 0.344 e. The first-order valence-electron chi connectivity index (χ1n) is 5.80. The Balaban J connectivity index is 2.09. The summed E-state index contributed by atoms with van der Waals surface area (Å²) >= 11 is 1.22. The van der Waals surface area contributed by atoms with Gasteiger partial charge in [-0.2, -0.15) is 4.37 Å². The summed E-state index contributed by atoms with van der Waals surface area (Å²) in [6.45, 7) is 4.33. The fourth-order valence-electron chi connectivity index (χ4n) is 2.01. The number of carbonyl (C=O) groups is 1. The second-order valence-electron chi connectivity index (χ2n) is 4.41. The van der Waals surface area contributed by atoms with E-state index in [1.54, 1.807) is 6.92 Å². The molecule has 5 nitrogen and oxygen atoms in total. The van der Waals surface area contributed by atoms with E-state index in [1.807, 2.05) is 0 Å². The van der Waals surface area contributed by atoms with Crippen molar-refractivity contribution in [2.24, 2.45) is 5.92 Å². The van der Waals surface area contributed by atoms with Gasteiger partial charge in [0.2, 0.25) is 0 Å². The minimum atomic E-state index is -0.395. The van der Waals surface area contributed by atoms with Gasteiger partial charge in [-0.05, 0) is 37.2 Å². The smallest absolute Gasteiger partial charge is 0.344 e. The highest BCUT2D eigenvalue weighted by Crippen LogP contribution is 2.34. The van der Waals surface area contributed by atoms with E-state index in [0.717, 1.165) is 23.8 Å². The number of nitrogen functional groups attached to an aromatic ring is 1. The van der Waals surface area contributed by atoms with E-state index in [-0.39, 0.29) is 5.82 Å². The first-order valence-corrected chi connectivity index (χ1v) is 6.58. The van der Waals surface area contributed by atoms with E-state index in [4.69, 9.17) is 10.5 Å². The lowest BCUT2D eigenvalue weighted by molar-refractivity contribution is 0.0529. The van der Waals surface area contributed by atoms with E-state index >= 15 is 0 Å². The fourth-order valence-corrected chi connectivity index (χ4v) is 2.79. The Labute approximate surface area is 105 Å². The van der Waals surface area contributed by atoms with Crippen LogP contribution < -0.4 is 11.1 Å². The molecule has 1 heterocycles. The van der Waals surface area contributed by atoms with Gasteiger partial charge < -0.3 is 15.8 Å². The number of aromatic nitrogens is 1. The number of hydrogen-bond acceptors (Lipinski definition) is 6. The van der Waals surface area contributed by atoms with Gasteiger partial charge in [-0.25, -0.2) is 4.79 Å². The van der Waals surface area contributed by atoms with Gasteiger partial charge in [0.05, 0.1) is 6.61 Å². The van der Waals surface area contributed by atoms with Crippen LogP contribution in [0.15, 0.2) is 0 Å². The predicted molar refractivity (Wildman–Crippen MR) is 68.3 cm³/mol. The standard InChI is InChI=1S/C11H17N3O2S/c1-3-16-11(15)8-9(12)14-17-10(8)13-7-4-6(2)5-7/h6-7,13H,3-5H2,1-2H3,(H2,12,14). The molecule has 1 saturated carbocycles. The van der Waals surface area contributed by atoms with Gasteiger partial charge in [-0.1, -0.05) is 6.92 Å². The number of nitrogens with zero attached hydrogens (tertiary/aromatic N) is 1. The fraction of sp³-hybridized carbons (Fsp3) is 0.636. The van der Waals surface area contributed by atoms with Crippen molar-refractivity contribution in [2.75, 3.05) is 17.7 Å². The summed E-state index contributed by atoms with van der Waals surface area (Å²) in [5.74, 6) is 0.612. The highest BCUT2D eigenvalue weighted by molar-refractivity contribution is 7.11. The molecular formula is C11H17N3O2S. The molecule has 0 aromatic carbocycles. The Kier molecular flexibility index (Phi) is 3.51. The van der Waals surface area contributed by atoms with Crippen LogP contribution in [0.5, 0.6) is 0 Å². The van der Waals surface area contributed by atoms with Gasteiger partial charge in [-0.15, -0.1) is 0 Å². The van der Waals surface area contributed by atoms with Gasteiger partial charge in [0.25, 0.3) is 0 Å². The third-order valence-corrected chi connectivity index (χ3v) is 3.70. The van der Waals surface area contributed by atoms with Crippen LogP contribution in [0.4, 0.5) is 10.8 Å². The van der Waals surface area contributed by atoms with Gasteiger partial charge in [0.15, 0.2) is 5.82 Å². The lowest BCUT2D eigenvalue weighted by Crippen LogP contribution is -2.34. The van der Waals surface area contributed by atoms with Gasteiger partial charge in [-0.3, -0.25) is 0 Å². The topological polar surface area (TPSA) is 77.2 Å². The maximum atomic E-state index is 11.7. The SMILES string of the molecule is CCOC(=O)c1c(N)nsc1NC1CC(C)C1. The zero-order valence-corrected chi connectivity index (χ0v) is 10.8. The van der Waals surface area contributed by atoms with Crippen molar-refractivity contribution in [1.82, 2.24) is 4.37 Å². The Hall–Kier alpha value is -1.30. The van der Waals surface area contributed by atoms with E-state index in [9.17, 15) is 4.79 Å². The molecule has 0 unspecified atom stereocenters. The van der Waals surface area contributed by atoms with Gasteiger partial charge >= 0.3 is 5.97 Å². The number of nitrogens with two attached hydrogens (primary N) is 1. The van der Waals surface area contributed by atoms with Crippen LogP contribution in [0, 0.1) is 5.92 Å². The number of ether oxygens (including phenoxy) is 1. The number of anilines is 2. The molecule has 17 heavy (non-hydrogen) atoms. The Morgan fingerprint density at radius 3 is 2.94 bits per heavy atom. The van der Waals surface area contributed by atoms with Crippen molar-refractivity contribution in [3.05, 3.63) is 5.56 Å². The average molecular weight is 255 g/mol. The molecule has 1 fully saturated rings. The van der Waals surface area contributed by atoms with Crippen LogP contribution >= 0.6 is 11.5 Å². The Morgan fingerprint density at radius 1 is 1.65 bits per heavy atom. The van der Waals surface area contributed by atoms with Gasteiger partial charge in [0.1, 0.15) is 10.6 Å². The second kappa shape index (κ2) is 4.91. The molecule has 0 bridgehead atoms. The quantitative estimate of drug-likeness (QED) is 0.806. The first-order chi connectivity index (χ1) is 8.11. The number of hydrogen-bond donors (Lipinski definition) is 2. The van der Waals surface area contributed by atoms with Crippen LogP contribution in [0.3, 0.4) is 0 Å². The van der Waals surface area contributed by atoms with Gasteiger partial charge in [0, 0.05) is 6.04 Å². The second-order valence-corrected chi connectivity index (χ2v) is 5.18. The van der Waals surface area contributed by atoms with Crippen molar-refractivity contribution < 1.29 is 9.53 Å². The molecule has 0 atom stereocenters. The molecule has 94 valence electrons. The molecule has 0 spiro atoms.